The summed E-state index contributed by atoms with van der Waals surface area (Å²) in [5.41, 5.74) is 0. The Bertz CT molecular complexity index is 571. The molecule has 1 N–H and O–H groups in total. The van der Waals surface area contributed by atoms with Crippen LogP contribution in [0.15, 0.2) is 23.1 Å². The summed E-state index contributed by atoms with van der Waals surface area (Å²) >= 11 is 0. The molecule has 4 nitrogen and oxygen atoms in total. The highest BCUT2D eigenvalue weighted by Gasteiger charge is 2.30. The standard InChI is InChI=1S/C13H17F2NO3S/c1-16-13(9-4-5-19-7-9)8-20(17,18)10-2-3-11(14)12(15)6-10/h2-3,6,9,13,16H,4-5,7-8H2,1H3. The van der Waals surface area contributed by atoms with Crippen LogP contribution in [0.4, 0.5) is 8.78 Å². The molecule has 1 fully saturated rings. The summed E-state index contributed by atoms with van der Waals surface area (Å²) in [6.45, 7) is 1.13. The third-order valence-corrected chi connectivity index (χ3v) is 5.32. The van der Waals surface area contributed by atoms with Crippen LogP contribution >= 0.6 is 0 Å². The van der Waals surface area contributed by atoms with E-state index in [0.717, 1.165) is 24.6 Å². The van der Waals surface area contributed by atoms with Crippen LogP contribution in [0.2, 0.25) is 0 Å². The van der Waals surface area contributed by atoms with E-state index < -0.39 is 21.5 Å². The van der Waals surface area contributed by atoms with Gasteiger partial charge in [0.2, 0.25) is 0 Å². The van der Waals surface area contributed by atoms with E-state index in [0.29, 0.717) is 13.2 Å². The van der Waals surface area contributed by atoms with Gasteiger partial charge >= 0.3 is 0 Å². The topological polar surface area (TPSA) is 55.4 Å². The van der Waals surface area contributed by atoms with Crippen molar-refractivity contribution in [1.82, 2.24) is 5.32 Å². The molecule has 7 heteroatoms. The van der Waals surface area contributed by atoms with Crippen molar-refractivity contribution < 1.29 is 21.9 Å². The molecule has 1 aromatic rings. The van der Waals surface area contributed by atoms with Gasteiger partial charge in [0, 0.05) is 18.6 Å². The van der Waals surface area contributed by atoms with Gasteiger partial charge in [-0.2, -0.15) is 0 Å². The SMILES string of the molecule is CNC(CS(=O)(=O)c1ccc(F)c(F)c1)C1CCOC1. The second-order valence-corrected chi connectivity index (χ2v) is 6.91. The summed E-state index contributed by atoms with van der Waals surface area (Å²) in [5, 5.41) is 2.97. The van der Waals surface area contributed by atoms with Crippen LogP contribution in [0.1, 0.15) is 6.42 Å². The number of rotatable bonds is 5. The molecule has 2 unspecified atom stereocenters. The second-order valence-electron chi connectivity index (χ2n) is 4.88. The Morgan fingerprint density at radius 2 is 2.15 bits per heavy atom. The van der Waals surface area contributed by atoms with Gasteiger partial charge in [0.05, 0.1) is 17.3 Å². The maximum Gasteiger partial charge on any atom is 0.180 e. The van der Waals surface area contributed by atoms with Crippen molar-refractivity contribution in [2.24, 2.45) is 5.92 Å². The van der Waals surface area contributed by atoms with Crippen LogP contribution in [0.25, 0.3) is 0 Å². The number of nitrogens with one attached hydrogen (secondary N) is 1. The van der Waals surface area contributed by atoms with E-state index in [9.17, 15) is 17.2 Å². The zero-order valence-corrected chi connectivity index (χ0v) is 11.9. The van der Waals surface area contributed by atoms with Gasteiger partial charge in [-0.05, 0) is 31.7 Å². The maximum absolute atomic E-state index is 13.2. The average molecular weight is 305 g/mol. The van der Waals surface area contributed by atoms with E-state index in [2.05, 4.69) is 5.32 Å². The molecule has 0 amide bonds. The van der Waals surface area contributed by atoms with Crippen molar-refractivity contribution in [3.63, 3.8) is 0 Å². The van der Waals surface area contributed by atoms with Crippen LogP contribution in [0, 0.1) is 17.6 Å². The monoisotopic (exact) mass is 305 g/mol. The van der Waals surface area contributed by atoms with Crippen LogP contribution in [-0.4, -0.2) is 40.5 Å². The maximum atomic E-state index is 13.2. The summed E-state index contributed by atoms with van der Waals surface area (Å²) in [7, 11) is -1.99. The smallest absolute Gasteiger partial charge is 0.180 e. The van der Waals surface area contributed by atoms with Crippen LogP contribution < -0.4 is 5.32 Å². The third kappa shape index (κ3) is 3.34. The Labute approximate surface area is 117 Å². The fraction of sp³-hybridized carbons (Fsp3) is 0.538. The first-order chi connectivity index (χ1) is 9.44. The van der Waals surface area contributed by atoms with Crippen molar-refractivity contribution in [3.05, 3.63) is 29.8 Å². The van der Waals surface area contributed by atoms with Gasteiger partial charge in [0.25, 0.3) is 0 Å². The number of ether oxygens (including phenoxy) is 1. The van der Waals surface area contributed by atoms with Gasteiger partial charge in [0.15, 0.2) is 21.5 Å². The molecule has 1 saturated heterocycles. The first-order valence-corrected chi connectivity index (χ1v) is 8.02. The minimum Gasteiger partial charge on any atom is -0.381 e. The molecular weight excluding hydrogens is 288 g/mol. The summed E-state index contributed by atoms with van der Waals surface area (Å²) in [5.74, 6) is -2.27. The summed E-state index contributed by atoms with van der Waals surface area (Å²) in [4.78, 5) is -0.199. The Morgan fingerprint density at radius 3 is 2.70 bits per heavy atom. The molecule has 1 aliphatic rings. The van der Waals surface area contributed by atoms with Crippen molar-refractivity contribution >= 4 is 9.84 Å². The predicted octanol–water partition coefficient (Wildman–Crippen LogP) is 1.36. The number of hydrogen-bond acceptors (Lipinski definition) is 4. The molecule has 0 spiro atoms. The van der Waals surface area contributed by atoms with Crippen LogP contribution in [0.5, 0.6) is 0 Å². The van der Waals surface area contributed by atoms with E-state index in [1.54, 1.807) is 7.05 Å². The molecule has 0 aromatic heterocycles. The third-order valence-electron chi connectivity index (χ3n) is 3.55. The van der Waals surface area contributed by atoms with E-state index in [1.165, 1.54) is 0 Å². The number of hydrogen-bond donors (Lipinski definition) is 1. The van der Waals surface area contributed by atoms with Crippen molar-refractivity contribution in [1.29, 1.82) is 0 Å². The zero-order valence-electron chi connectivity index (χ0n) is 11.1. The minimum absolute atomic E-state index is 0.111. The molecule has 0 bridgehead atoms. The van der Waals surface area contributed by atoms with Crippen molar-refractivity contribution in [2.75, 3.05) is 26.0 Å². The number of sulfone groups is 1. The summed E-state index contributed by atoms with van der Waals surface area (Å²) in [6.07, 6.45) is 0.790. The van der Waals surface area contributed by atoms with Gasteiger partial charge in [-0.3, -0.25) is 0 Å². The zero-order chi connectivity index (χ0) is 14.8. The predicted molar refractivity (Wildman–Crippen MR) is 70.2 cm³/mol. The van der Waals surface area contributed by atoms with Gasteiger partial charge in [-0.1, -0.05) is 0 Å². The highest BCUT2D eigenvalue weighted by molar-refractivity contribution is 7.91. The first-order valence-electron chi connectivity index (χ1n) is 6.37. The van der Waals surface area contributed by atoms with Gasteiger partial charge in [-0.25, -0.2) is 17.2 Å². The van der Waals surface area contributed by atoms with Gasteiger partial charge in [0.1, 0.15) is 0 Å². The second kappa shape index (κ2) is 6.15. The highest BCUT2D eigenvalue weighted by Crippen LogP contribution is 2.21. The quantitative estimate of drug-likeness (QED) is 0.835. The molecule has 2 atom stereocenters. The van der Waals surface area contributed by atoms with Crippen molar-refractivity contribution in [3.8, 4) is 0 Å². The van der Waals surface area contributed by atoms with Crippen LogP contribution in [0.3, 0.4) is 0 Å². The Balaban J connectivity index is 2.18. The molecule has 1 aromatic carbocycles. The summed E-state index contributed by atoms with van der Waals surface area (Å²) in [6, 6.07) is 2.37. The van der Waals surface area contributed by atoms with E-state index in [4.69, 9.17) is 4.74 Å². The molecule has 1 aliphatic heterocycles. The lowest BCUT2D eigenvalue weighted by atomic mass is 10.0. The first kappa shape index (κ1) is 15.3. The number of benzene rings is 1. The molecule has 2 rings (SSSR count). The largest absolute Gasteiger partial charge is 0.381 e. The van der Waals surface area contributed by atoms with Crippen LogP contribution in [-0.2, 0) is 14.6 Å². The Kier molecular flexibility index (Phi) is 4.72. The Morgan fingerprint density at radius 1 is 1.40 bits per heavy atom. The van der Waals surface area contributed by atoms with Gasteiger partial charge in [-0.15, -0.1) is 0 Å². The van der Waals surface area contributed by atoms with E-state index in [-0.39, 0.29) is 22.6 Å². The molecule has 0 saturated carbocycles. The minimum atomic E-state index is -3.67. The highest BCUT2D eigenvalue weighted by atomic mass is 32.2. The lowest BCUT2D eigenvalue weighted by Crippen LogP contribution is -2.40. The molecule has 0 radical (unpaired) electrons. The normalized spacial score (nSPS) is 21.1. The van der Waals surface area contributed by atoms with Crippen molar-refractivity contribution in [2.45, 2.75) is 17.4 Å². The average Bonchev–Trinajstić information content (AvgIpc) is 2.93. The lowest BCUT2D eigenvalue weighted by Gasteiger charge is -2.21. The molecule has 20 heavy (non-hydrogen) atoms. The molecule has 0 aliphatic carbocycles. The summed E-state index contributed by atoms with van der Waals surface area (Å²) < 4.78 is 55.8. The molecular formula is C13H17F2NO3S. The lowest BCUT2D eigenvalue weighted by molar-refractivity contribution is 0.179. The fourth-order valence-electron chi connectivity index (χ4n) is 2.33. The molecule has 112 valence electrons. The number of halogens is 2. The molecule has 1 heterocycles. The van der Waals surface area contributed by atoms with E-state index in [1.807, 2.05) is 0 Å². The van der Waals surface area contributed by atoms with Gasteiger partial charge < -0.3 is 10.1 Å². The van der Waals surface area contributed by atoms with E-state index >= 15 is 0 Å². The fourth-order valence-corrected chi connectivity index (χ4v) is 3.99. The Hall–Kier alpha value is -1.05.